The summed E-state index contributed by atoms with van der Waals surface area (Å²) in [5.74, 6) is 1.30. The van der Waals surface area contributed by atoms with Crippen molar-refractivity contribution in [3.63, 3.8) is 0 Å². The first-order valence-electron chi connectivity index (χ1n) is 10.5. The lowest BCUT2D eigenvalue weighted by molar-refractivity contribution is 0.0968. The van der Waals surface area contributed by atoms with E-state index < -0.39 is 0 Å². The number of fused-ring (bicyclic) bond motifs is 3. The molecule has 0 N–H and O–H groups in total. The minimum atomic E-state index is -0.0658. The van der Waals surface area contributed by atoms with Crippen molar-refractivity contribution in [2.75, 3.05) is 13.3 Å². The molecular formula is C26H20Cl3NO3. The summed E-state index contributed by atoms with van der Waals surface area (Å²) in [4.78, 5) is 15.6. The molecule has 0 amide bonds. The largest absolute Gasteiger partial charge is 0.478 e. The van der Waals surface area contributed by atoms with Crippen molar-refractivity contribution in [2.45, 2.75) is 19.9 Å². The molecule has 0 spiro atoms. The Balaban J connectivity index is 1.47. The molecule has 0 radical (unpaired) electrons. The zero-order valence-corrected chi connectivity index (χ0v) is 20.1. The Kier molecular flexibility index (Phi) is 6.11. The molecule has 0 fully saturated rings. The number of aryl methyl sites for hydroxylation is 1. The van der Waals surface area contributed by atoms with Gasteiger partial charge < -0.3 is 9.15 Å². The summed E-state index contributed by atoms with van der Waals surface area (Å²) < 4.78 is 12.2. The lowest BCUT2D eigenvalue weighted by atomic mass is 10.0. The molecule has 0 saturated heterocycles. The van der Waals surface area contributed by atoms with Crippen LogP contribution in [-0.4, -0.2) is 18.2 Å². The lowest BCUT2D eigenvalue weighted by Crippen LogP contribution is -2.34. The molecule has 1 aromatic heterocycles. The van der Waals surface area contributed by atoms with Gasteiger partial charge in [-0.25, -0.2) is 0 Å². The molecular weight excluding hydrogens is 481 g/mol. The third-order valence-electron chi connectivity index (χ3n) is 5.93. The van der Waals surface area contributed by atoms with Crippen LogP contribution in [0.3, 0.4) is 0 Å². The highest BCUT2D eigenvalue weighted by Crippen LogP contribution is 2.34. The lowest BCUT2D eigenvalue weighted by Gasteiger charge is -2.29. The van der Waals surface area contributed by atoms with Gasteiger partial charge >= 0.3 is 0 Å². The van der Waals surface area contributed by atoms with Crippen LogP contribution < -0.4 is 10.2 Å². The van der Waals surface area contributed by atoms with E-state index in [-0.39, 0.29) is 5.43 Å². The van der Waals surface area contributed by atoms with Gasteiger partial charge in [-0.3, -0.25) is 9.69 Å². The Morgan fingerprint density at radius 3 is 2.48 bits per heavy atom. The first kappa shape index (κ1) is 22.3. The second-order valence-electron chi connectivity index (χ2n) is 8.10. The number of rotatable bonds is 4. The summed E-state index contributed by atoms with van der Waals surface area (Å²) in [6, 6.07) is 16.4. The van der Waals surface area contributed by atoms with Crippen LogP contribution in [0.1, 0.15) is 16.9 Å². The van der Waals surface area contributed by atoms with E-state index in [1.807, 2.05) is 37.3 Å². The van der Waals surface area contributed by atoms with Crippen LogP contribution in [-0.2, 0) is 13.0 Å². The van der Waals surface area contributed by atoms with Crippen LogP contribution in [0.5, 0.6) is 5.75 Å². The quantitative estimate of drug-likeness (QED) is 0.299. The highest BCUT2D eigenvalue weighted by atomic mass is 35.5. The number of halogens is 3. The van der Waals surface area contributed by atoms with E-state index in [2.05, 4.69) is 4.90 Å². The van der Waals surface area contributed by atoms with E-state index in [1.54, 1.807) is 24.3 Å². The van der Waals surface area contributed by atoms with Crippen LogP contribution in [0.2, 0.25) is 15.1 Å². The molecule has 0 atom stereocenters. The summed E-state index contributed by atoms with van der Waals surface area (Å²) in [6.45, 7) is 3.62. The second-order valence-corrected chi connectivity index (χ2v) is 9.38. The maximum atomic E-state index is 13.4. The normalized spacial score (nSPS) is 13.7. The third kappa shape index (κ3) is 4.36. The third-order valence-corrected chi connectivity index (χ3v) is 6.77. The Morgan fingerprint density at radius 2 is 1.73 bits per heavy atom. The SMILES string of the molecule is Cc1oc2c3c(ccc2c(=O)c1-c1ccc(Cl)cc1)OCN(CCc1ccc(Cl)cc1Cl)C3. The Labute approximate surface area is 206 Å². The van der Waals surface area contributed by atoms with Gasteiger partial charge in [0.2, 0.25) is 5.43 Å². The van der Waals surface area contributed by atoms with Crippen LogP contribution >= 0.6 is 34.8 Å². The zero-order chi connectivity index (χ0) is 23.1. The summed E-state index contributed by atoms with van der Waals surface area (Å²) >= 11 is 18.3. The van der Waals surface area contributed by atoms with Crippen molar-refractivity contribution in [1.29, 1.82) is 0 Å². The standard InChI is InChI=1S/C26H20Cl3NO3/c1-15-24(17-3-5-18(27)6-4-17)25(31)20-8-9-23-21(26(20)33-15)13-30(14-32-23)11-10-16-2-7-19(28)12-22(16)29/h2-9,12H,10-11,13-14H2,1H3. The van der Waals surface area contributed by atoms with E-state index in [0.29, 0.717) is 50.6 Å². The summed E-state index contributed by atoms with van der Waals surface area (Å²) in [6.07, 6.45) is 0.753. The molecule has 33 heavy (non-hydrogen) atoms. The van der Waals surface area contributed by atoms with Crippen molar-refractivity contribution in [1.82, 2.24) is 4.90 Å². The Morgan fingerprint density at radius 1 is 0.970 bits per heavy atom. The zero-order valence-electron chi connectivity index (χ0n) is 17.8. The van der Waals surface area contributed by atoms with E-state index in [0.717, 1.165) is 35.4 Å². The molecule has 0 unspecified atom stereocenters. The molecule has 4 aromatic rings. The van der Waals surface area contributed by atoms with Crippen LogP contribution in [0.25, 0.3) is 22.1 Å². The number of nitrogens with zero attached hydrogens (tertiary/aromatic N) is 1. The molecule has 1 aliphatic rings. The molecule has 0 saturated carbocycles. The molecule has 168 valence electrons. The number of ether oxygens (including phenoxy) is 1. The predicted octanol–water partition coefficient (Wildman–Crippen LogP) is 7.12. The molecule has 4 nitrogen and oxygen atoms in total. The van der Waals surface area contributed by atoms with Gasteiger partial charge in [0.1, 0.15) is 23.8 Å². The molecule has 1 aliphatic heterocycles. The van der Waals surface area contributed by atoms with Crippen molar-refractivity contribution >= 4 is 45.8 Å². The topological polar surface area (TPSA) is 42.7 Å². The maximum Gasteiger partial charge on any atom is 0.200 e. The minimum absolute atomic E-state index is 0.0658. The fraction of sp³-hybridized carbons (Fsp3) is 0.192. The van der Waals surface area contributed by atoms with Gasteiger partial charge in [-0.1, -0.05) is 53.0 Å². The number of hydrogen-bond acceptors (Lipinski definition) is 4. The van der Waals surface area contributed by atoms with Gasteiger partial charge in [-0.2, -0.15) is 0 Å². The average molecular weight is 501 g/mol. The second kappa shape index (κ2) is 9.03. The molecule has 7 heteroatoms. The summed E-state index contributed by atoms with van der Waals surface area (Å²) in [5, 5.41) is 2.43. The van der Waals surface area contributed by atoms with Crippen molar-refractivity contribution < 1.29 is 9.15 Å². The van der Waals surface area contributed by atoms with E-state index in [9.17, 15) is 4.79 Å². The molecule has 2 heterocycles. The Bertz CT molecular complexity index is 1410. The minimum Gasteiger partial charge on any atom is -0.478 e. The van der Waals surface area contributed by atoms with Crippen LogP contribution in [0.15, 0.2) is 63.8 Å². The van der Waals surface area contributed by atoms with Gasteiger partial charge in [0.05, 0.1) is 16.5 Å². The predicted molar refractivity (Wildman–Crippen MR) is 134 cm³/mol. The van der Waals surface area contributed by atoms with E-state index in [4.69, 9.17) is 44.0 Å². The molecule has 0 aliphatic carbocycles. The average Bonchev–Trinajstić information content (AvgIpc) is 2.79. The van der Waals surface area contributed by atoms with Crippen molar-refractivity contribution in [3.05, 3.63) is 96.8 Å². The van der Waals surface area contributed by atoms with Crippen LogP contribution in [0, 0.1) is 6.92 Å². The smallest absolute Gasteiger partial charge is 0.200 e. The van der Waals surface area contributed by atoms with E-state index >= 15 is 0 Å². The summed E-state index contributed by atoms with van der Waals surface area (Å²) in [7, 11) is 0. The monoisotopic (exact) mass is 499 g/mol. The van der Waals surface area contributed by atoms with Gasteiger partial charge in [-0.05, 0) is 60.9 Å². The van der Waals surface area contributed by atoms with Crippen molar-refractivity contribution in [2.24, 2.45) is 0 Å². The van der Waals surface area contributed by atoms with Gasteiger partial charge in [0.15, 0.2) is 0 Å². The van der Waals surface area contributed by atoms with Crippen molar-refractivity contribution in [3.8, 4) is 16.9 Å². The highest BCUT2D eigenvalue weighted by molar-refractivity contribution is 6.35. The molecule has 5 rings (SSSR count). The van der Waals surface area contributed by atoms with Crippen LogP contribution in [0.4, 0.5) is 0 Å². The van der Waals surface area contributed by atoms with E-state index in [1.165, 1.54) is 0 Å². The van der Waals surface area contributed by atoms with Gasteiger partial charge in [0, 0.05) is 28.2 Å². The Hall–Kier alpha value is -2.50. The molecule has 0 bridgehead atoms. The first-order chi connectivity index (χ1) is 15.9. The first-order valence-corrected chi connectivity index (χ1v) is 11.7. The van der Waals surface area contributed by atoms with Gasteiger partial charge in [-0.15, -0.1) is 0 Å². The van der Waals surface area contributed by atoms with Gasteiger partial charge in [0.25, 0.3) is 0 Å². The highest BCUT2D eigenvalue weighted by Gasteiger charge is 2.24. The fourth-order valence-electron chi connectivity index (χ4n) is 4.22. The maximum absolute atomic E-state index is 13.4. The molecule has 3 aromatic carbocycles. The fourth-order valence-corrected chi connectivity index (χ4v) is 4.85. The number of benzene rings is 3. The number of hydrogen-bond donors (Lipinski definition) is 0. The summed E-state index contributed by atoms with van der Waals surface area (Å²) in [5.41, 5.74) is 3.74.